The highest BCUT2D eigenvalue weighted by Gasteiger charge is 2.30. The molecule has 0 bridgehead atoms. The fourth-order valence-corrected chi connectivity index (χ4v) is 4.39. The van der Waals surface area contributed by atoms with E-state index in [9.17, 15) is 8.42 Å². The molecule has 1 aliphatic heterocycles. The maximum Gasteiger partial charge on any atom is 0.243 e. The topological polar surface area (TPSA) is 55.8 Å². The molecule has 1 fully saturated rings. The van der Waals surface area contributed by atoms with Crippen molar-refractivity contribution in [2.24, 2.45) is 0 Å². The summed E-state index contributed by atoms with van der Waals surface area (Å²) in [6.07, 6.45) is -0.340. The quantitative estimate of drug-likeness (QED) is 0.715. The summed E-state index contributed by atoms with van der Waals surface area (Å²) in [5, 5.41) is 0. The molecule has 1 saturated heterocycles. The van der Waals surface area contributed by atoms with Gasteiger partial charge in [0.2, 0.25) is 10.0 Å². The van der Waals surface area contributed by atoms with Crippen LogP contribution in [-0.2, 0) is 26.1 Å². The van der Waals surface area contributed by atoms with Gasteiger partial charge in [-0.15, -0.1) is 0 Å². The van der Waals surface area contributed by atoms with Crippen molar-refractivity contribution in [1.29, 1.82) is 0 Å². The Hall–Kier alpha value is -1.99. The van der Waals surface area contributed by atoms with E-state index in [1.54, 1.807) is 24.3 Å². The average molecular weight is 388 g/mol. The van der Waals surface area contributed by atoms with E-state index < -0.39 is 10.0 Å². The number of aryl methyl sites for hydroxylation is 1. The van der Waals surface area contributed by atoms with E-state index in [0.717, 1.165) is 16.7 Å². The van der Waals surface area contributed by atoms with Crippen LogP contribution >= 0.6 is 0 Å². The molecule has 5 nitrogen and oxygen atoms in total. The minimum absolute atomic E-state index is 0.240. The summed E-state index contributed by atoms with van der Waals surface area (Å²) in [6.45, 7) is 7.48. The van der Waals surface area contributed by atoms with Gasteiger partial charge in [-0.3, -0.25) is 0 Å². The zero-order valence-electron chi connectivity index (χ0n) is 15.5. The van der Waals surface area contributed by atoms with Crippen LogP contribution in [0.1, 0.15) is 11.1 Å². The molecule has 0 amide bonds. The Labute approximate surface area is 161 Å². The summed E-state index contributed by atoms with van der Waals surface area (Å²) < 4.78 is 39.0. The van der Waals surface area contributed by atoms with Gasteiger partial charge in [-0.25, -0.2) is 8.42 Å². The Morgan fingerprint density at radius 3 is 2.56 bits per heavy atom. The lowest BCUT2D eigenvalue weighted by atomic mass is 10.2. The Balaban J connectivity index is 1.67. The second-order valence-corrected chi connectivity index (χ2v) is 8.73. The van der Waals surface area contributed by atoms with Crippen LogP contribution in [-0.4, -0.2) is 45.1 Å². The maximum atomic E-state index is 13.0. The number of nitrogens with zero attached hydrogens (tertiary/aromatic N) is 1. The van der Waals surface area contributed by atoms with Crippen LogP contribution in [0, 0.1) is 6.92 Å². The van der Waals surface area contributed by atoms with Crippen molar-refractivity contribution >= 4 is 10.0 Å². The molecular weight excluding hydrogens is 362 g/mol. The Bertz CT molecular complexity index is 863. The standard InChI is InChI=1S/C21H25NO4S/c1-17-8-10-21(11-9-17)27(23,24)22-12-18(2)14-26-20(13-22)16-25-15-19-6-4-3-5-7-19/h3-11,20H,2,12-16H2,1H3/t20-/m0/s1. The van der Waals surface area contributed by atoms with Gasteiger partial charge in [0.05, 0.1) is 30.8 Å². The first-order valence-electron chi connectivity index (χ1n) is 8.92. The Morgan fingerprint density at radius 1 is 1.15 bits per heavy atom. The first-order chi connectivity index (χ1) is 12.9. The van der Waals surface area contributed by atoms with Gasteiger partial charge in [0.1, 0.15) is 0 Å². The van der Waals surface area contributed by atoms with Gasteiger partial charge >= 0.3 is 0 Å². The first-order valence-corrected chi connectivity index (χ1v) is 10.4. The number of benzene rings is 2. The predicted octanol–water partition coefficient (Wildman–Crippen LogP) is 3.16. The number of hydrogen-bond acceptors (Lipinski definition) is 4. The molecule has 2 aromatic carbocycles. The molecule has 1 heterocycles. The number of ether oxygens (including phenoxy) is 2. The molecular formula is C21H25NO4S. The van der Waals surface area contributed by atoms with Gasteiger partial charge in [0, 0.05) is 13.1 Å². The largest absolute Gasteiger partial charge is 0.374 e. The van der Waals surface area contributed by atoms with Gasteiger partial charge in [0.25, 0.3) is 0 Å². The molecule has 144 valence electrons. The Kier molecular flexibility index (Phi) is 6.44. The molecule has 0 aliphatic carbocycles. The summed E-state index contributed by atoms with van der Waals surface area (Å²) in [6, 6.07) is 16.7. The van der Waals surface area contributed by atoms with E-state index in [2.05, 4.69) is 6.58 Å². The molecule has 0 saturated carbocycles. The van der Waals surface area contributed by atoms with Crippen molar-refractivity contribution < 1.29 is 17.9 Å². The van der Waals surface area contributed by atoms with Crippen LogP contribution in [0.5, 0.6) is 0 Å². The lowest BCUT2D eigenvalue weighted by molar-refractivity contribution is -0.0120. The van der Waals surface area contributed by atoms with Crippen LogP contribution in [0.3, 0.4) is 0 Å². The minimum atomic E-state index is -3.61. The molecule has 2 aromatic rings. The molecule has 27 heavy (non-hydrogen) atoms. The van der Waals surface area contributed by atoms with Crippen LogP contribution in [0.25, 0.3) is 0 Å². The molecule has 1 atom stereocenters. The smallest absolute Gasteiger partial charge is 0.243 e. The second kappa shape index (κ2) is 8.80. The van der Waals surface area contributed by atoms with Crippen molar-refractivity contribution in [1.82, 2.24) is 4.31 Å². The lowest BCUT2D eigenvalue weighted by Crippen LogP contribution is -2.38. The summed E-state index contributed by atoms with van der Waals surface area (Å²) in [5.74, 6) is 0. The fraction of sp³-hybridized carbons (Fsp3) is 0.333. The number of rotatable bonds is 6. The van der Waals surface area contributed by atoms with Crippen LogP contribution < -0.4 is 0 Å². The fourth-order valence-electron chi connectivity index (χ4n) is 2.90. The molecule has 0 unspecified atom stereocenters. The third-order valence-corrected chi connectivity index (χ3v) is 6.23. The van der Waals surface area contributed by atoms with Gasteiger partial charge in [-0.1, -0.05) is 54.6 Å². The van der Waals surface area contributed by atoms with Crippen LogP contribution in [0.4, 0.5) is 0 Å². The van der Waals surface area contributed by atoms with E-state index in [4.69, 9.17) is 9.47 Å². The zero-order chi connectivity index (χ0) is 19.3. The van der Waals surface area contributed by atoms with Crippen LogP contribution in [0.15, 0.2) is 71.6 Å². The van der Waals surface area contributed by atoms with E-state index in [0.29, 0.717) is 19.8 Å². The highest BCUT2D eigenvalue weighted by molar-refractivity contribution is 7.89. The number of hydrogen-bond donors (Lipinski definition) is 0. The summed E-state index contributed by atoms with van der Waals surface area (Å²) in [7, 11) is -3.61. The monoisotopic (exact) mass is 387 g/mol. The van der Waals surface area contributed by atoms with Crippen molar-refractivity contribution in [2.45, 2.75) is 24.5 Å². The molecule has 0 spiro atoms. The van der Waals surface area contributed by atoms with Gasteiger partial charge < -0.3 is 9.47 Å². The maximum absolute atomic E-state index is 13.0. The van der Waals surface area contributed by atoms with Gasteiger partial charge in [-0.2, -0.15) is 4.31 Å². The molecule has 1 aliphatic rings. The second-order valence-electron chi connectivity index (χ2n) is 6.79. The Morgan fingerprint density at radius 2 is 1.85 bits per heavy atom. The SMILES string of the molecule is C=C1CO[C@H](COCc2ccccc2)CN(S(=O)(=O)c2ccc(C)cc2)C1. The van der Waals surface area contributed by atoms with E-state index in [-0.39, 0.29) is 24.1 Å². The summed E-state index contributed by atoms with van der Waals surface area (Å²) in [5.41, 5.74) is 2.82. The third-order valence-electron chi connectivity index (χ3n) is 4.40. The van der Waals surface area contributed by atoms with Crippen molar-refractivity contribution in [3.8, 4) is 0 Å². The predicted molar refractivity (Wildman–Crippen MR) is 105 cm³/mol. The zero-order valence-corrected chi connectivity index (χ0v) is 16.3. The molecule has 3 rings (SSSR count). The first kappa shape index (κ1) is 19.8. The summed E-state index contributed by atoms with van der Waals surface area (Å²) >= 11 is 0. The average Bonchev–Trinajstić information content (AvgIpc) is 2.85. The van der Waals surface area contributed by atoms with Crippen LogP contribution in [0.2, 0.25) is 0 Å². The highest BCUT2D eigenvalue weighted by Crippen LogP contribution is 2.21. The van der Waals surface area contributed by atoms with Gasteiger partial charge in [0.15, 0.2) is 0 Å². The number of sulfonamides is 1. The van der Waals surface area contributed by atoms with Crippen molar-refractivity contribution in [2.75, 3.05) is 26.3 Å². The summed E-state index contributed by atoms with van der Waals surface area (Å²) in [4.78, 5) is 0.284. The molecule has 0 radical (unpaired) electrons. The molecule has 0 N–H and O–H groups in total. The third kappa shape index (κ3) is 5.26. The van der Waals surface area contributed by atoms with Crippen molar-refractivity contribution in [3.63, 3.8) is 0 Å². The molecule has 0 aromatic heterocycles. The normalized spacial score (nSPS) is 19.0. The molecule has 6 heteroatoms. The lowest BCUT2D eigenvalue weighted by Gasteiger charge is -2.23. The highest BCUT2D eigenvalue weighted by atomic mass is 32.2. The van der Waals surface area contributed by atoms with Gasteiger partial charge in [-0.05, 0) is 30.2 Å². The van der Waals surface area contributed by atoms with E-state index >= 15 is 0 Å². The van der Waals surface area contributed by atoms with Crippen molar-refractivity contribution in [3.05, 3.63) is 77.9 Å². The minimum Gasteiger partial charge on any atom is -0.374 e. The van der Waals surface area contributed by atoms with E-state index in [1.807, 2.05) is 37.3 Å². The van der Waals surface area contributed by atoms with E-state index in [1.165, 1.54) is 4.31 Å².